The van der Waals surface area contributed by atoms with Crippen molar-refractivity contribution in [3.63, 3.8) is 0 Å². The van der Waals surface area contributed by atoms with Gasteiger partial charge in [0.05, 0.1) is 39.0 Å². The number of nitrogens with one attached hydrogen (secondary N) is 1. The molecule has 0 heterocycles. The maximum absolute atomic E-state index is 14.9. The minimum atomic E-state index is -4.51. The van der Waals surface area contributed by atoms with Gasteiger partial charge in [-0.3, -0.25) is 13.9 Å². The third-order valence-corrected chi connectivity index (χ3v) is 10.4. The maximum Gasteiger partial charge on any atom is 0.265 e. The molecule has 0 aliphatic heterocycles. The lowest BCUT2D eigenvalue weighted by atomic mass is 10.0. The van der Waals surface area contributed by atoms with Gasteiger partial charge in [-0.1, -0.05) is 61.0 Å². The van der Waals surface area contributed by atoms with Crippen LogP contribution < -0.4 is 28.6 Å². The number of ether oxygens (including phenoxy) is 4. The topological polar surface area (TPSA) is 124 Å². The van der Waals surface area contributed by atoms with Crippen molar-refractivity contribution >= 4 is 39.1 Å². The molecule has 2 amide bonds. The van der Waals surface area contributed by atoms with E-state index in [1.54, 1.807) is 24.3 Å². The Bertz CT molecular complexity index is 1910. The fourth-order valence-electron chi connectivity index (χ4n) is 5.44. The van der Waals surface area contributed by atoms with Crippen molar-refractivity contribution < 1.29 is 37.0 Å². The fraction of sp³-hybridized carbons (Fsp3) is 0.316. The van der Waals surface area contributed by atoms with E-state index >= 15 is 0 Å². The lowest BCUT2D eigenvalue weighted by molar-refractivity contribution is -0.140. The van der Waals surface area contributed by atoms with Crippen LogP contribution in [0.5, 0.6) is 23.0 Å². The Kier molecular flexibility index (Phi) is 13.6. The second-order valence-corrected chi connectivity index (χ2v) is 14.0. The predicted octanol–water partition coefficient (Wildman–Crippen LogP) is 6.12. The zero-order chi connectivity index (χ0) is 37.1. The molecule has 0 aliphatic rings. The minimum absolute atomic E-state index is 0.0260. The monoisotopic (exact) mass is 737 g/mol. The average molecular weight is 738 g/mol. The second-order valence-electron chi connectivity index (χ2n) is 11.7. The van der Waals surface area contributed by atoms with Gasteiger partial charge < -0.3 is 29.2 Å². The molecule has 0 saturated carbocycles. The summed E-state index contributed by atoms with van der Waals surface area (Å²) in [7, 11) is 1.25. The van der Waals surface area contributed by atoms with Crippen molar-refractivity contribution in [2.75, 3.05) is 39.3 Å². The summed E-state index contributed by atoms with van der Waals surface area (Å²) in [5.74, 6) is 0.186. The molecular weight excluding hydrogens is 694 g/mol. The normalized spacial score (nSPS) is 12.3. The first-order valence-electron chi connectivity index (χ1n) is 16.3. The predicted molar refractivity (Wildman–Crippen MR) is 197 cm³/mol. The molecule has 13 heteroatoms. The smallest absolute Gasteiger partial charge is 0.265 e. The lowest BCUT2D eigenvalue weighted by Crippen LogP contribution is -2.54. The first-order valence-corrected chi connectivity index (χ1v) is 18.1. The van der Waals surface area contributed by atoms with E-state index in [2.05, 4.69) is 5.32 Å². The summed E-state index contributed by atoms with van der Waals surface area (Å²) >= 11 is 6.41. The average Bonchev–Trinajstić information content (AvgIpc) is 3.14. The van der Waals surface area contributed by atoms with Crippen molar-refractivity contribution in [3.8, 4) is 23.0 Å². The number of methoxy groups -OCH3 is 4. The Hall–Kier alpha value is -4.94. The van der Waals surface area contributed by atoms with E-state index in [1.165, 1.54) is 63.7 Å². The molecule has 11 nitrogen and oxygen atoms in total. The van der Waals surface area contributed by atoms with Crippen LogP contribution in [0.3, 0.4) is 0 Å². The summed E-state index contributed by atoms with van der Waals surface area (Å²) in [6, 6.07) is 23.9. The highest BCUT2D eigenvalue weighted by Crippen LogP contribution is 2.37. The second kappa shape index (κ2) is 17.8. The summed E-state index contributed by atoms with van der Waals surface area (Å²) in [4.78, 5) is 30.2. The van der Waals surface area contributed by atoms with Gasteiger partial charge in [-0.05, 0) is 66.9 Å². The maximum atomic E-state index is 14.9. The van der Waals surface area contributed by atoms with E-state index in [1.807, 2.05) is 50.2 Å². The lowest BCUT2D eigenvalue weighted by Gasteiger charge is -2.34. The molecule has 2 atom stereocenters. The Morgan fingerprint density at radius 1 is 0.784 bits per heavy atom. The van der Waals surface area contributed by atoms with Crippen molar-refractivity contribution in [1.29, 1.82) is 0 Å². The number of carbonyl (C=O) groups is 2. The molecule has 0 fully saturated rings. The molecule has 0 spiro atoms. The summed E-state index contributed by atoms with van der Waals surface area (Å²) < 4.78 is 51.9. The molecule has 2 unspecified atom stereocenters. The zero-order valence-corrected chi connectivity index (χ0v) is 31.2. The van der Waals surface area contributed by atoms with Gasteiger partial charge in [0, 0.05) is 30.1 Å². The first kappa shape index (κ1) is 38.9. The summed E-state index contributed by atoms with van der Waals surface area (Å²) in [5.41, 5.74) is 1.52. The van der Waals surface area contributed by atoms with Gasteiger partial charge in [0.2, 0.25) is 11.8 Å². The summed E-state index contributed by atoms with van der Waals surface area (Å²) in [6.45, 7) is 3.10. The van der Waals surface area contributed by atoms with Gasteiger partial charge >= 0.3 is 0 Å². The van der Waals surface area contributed by atoms with Crippen LogP contribution in [0.1, 0.15) is 31.4 Å². The molecule has 4 rings (SSSR count). The SMILES string of the molecule is CCC(C)NC(=O)C(Cc1ccccc1)N(Cc1cccc(OC)c1)C(=O)CN(c1cc(Cl)ccc1OC)S(=O)(=O)c1ccc(OC)c(OC)c1. The van der Waals surface area contributed by atoms with E-state index in [-0.39, 0.29) is 52.0 Å². The largest absolute Gasteiger partial charge is 0.497 e. The van der Waals surface area contributed by atoms with E-state index in [0.29, 0.717) is 23.5 Å². The van der Waals surface area contributed by atoms with Crippen LogP contribution >= 0.6 is 11.6 Å². The van der Waals surface area contributed by atoms with Crippen LogP contribution in [0.2, 0.25) is 5.02 Å². The molecule has 4 aromatic rings. The molecule has 1 N–H and O–H groups in total. The van der Waals surface area contributed by atoms with Crippen molar-refractivity contribution in [3.05, 3.63) is 107 Å². The molecular formula is C38H44ClN3O8S. The van der Waals surface area contributed by atoms with Gasteiger partial charge in [0.25, 0.3) is 10.0 Å². The standard InChI is InChI=1S/C38H44ClN3O8S/c1-7-26(2)40-38(44)33(21-27-12-9-8-10-13-27)41(24-28-14-11-15-30(20-28)47-3)37(43)25-42(32-22-29(39)16-18-34(32)48-4)51(45,46)31-17-19-35(49-5)36(23-31)50-6/h8-20,22-23,26,33H,7,21,24-25H2,1-6H3,(H,40,44). The highest BCUT2D eigenvalue weighted by Gasteiger charge is 2.36. The van der Waals surface area contributed by atoms with Crippen LogP contribution in [0.25, 0.3) is 0 Å². The van der Waals surface area contributed by atoms with E-state index in [0.717, 1.165) is 9.87 Å². The van der Waals surface area contributed by atoms with Crippen LogP contribution in [-0.4, -0.2) is 72.2 Å². The van der Waals surface area contributed by atoms with Gasteiger partial charge in [-0.2, -0.15) is 0 Å². The number of anilines is 1. The highest BCUT2D eigenvalue weighted by atomic mass is 35.5. The third-order valence-electron chi connectivity index (χ3n) is 8.39. The number of halogens is 1. The van der Waals surface area contributed by atoms with E-state index in [4.69, 9.17) is 30.5 Å². The van der Waals surface area contributed by atoms with Crippen LogP contribution in [0.4, 0.5) is 5.69 Å². The highest BCUT2D eigenvalue weighted by molar-refractivity contribution is 7.92. The van der Waals surface area contributed by atoms with Gasteiger partial charge in [0.15, 0.2) is 11.5 Å². The minimum Gasteiger partial charge on any atom is -0.497 e. The molecule has 0 aliphatic carbocycles. The summed E-state index contributed by atoms with van der Waals surface area (Å²) in [5, 5.41) is 3.25. The van der Waals surface area contributed by atoms with Gasteiger partial charge in [-0.15, -0.1) is 0 Å². The molecule has 272 valence electrons. The van der Waals surface area contributed by atoms with Gasteiger partial charge in [-0.25, -0.2) is 8.42 Å². The molecule has 4 aromatic carbocycles. The third kappa shape index (κ3) is 9.65. The van der Waals surface area contributed by atoms with Crippen LogP contribution in [0, 0.1) is 0 Å². The van der Waals surface area contributed by atoms with Crippen LogP contribution in [-0.2, 0) is 32.6 Å². The Morgan fingerprint density at radius 3 is 2.10 bits per heavy atom. The molecule has 0 bridgehead atoms. The number of sulfonamides is 1. The Balaban J connectivity index is 1.90. The number of rotatable bonds is 17. The number of nitrogens with zero attached hydrogens (tertiary/aromatic N) is 2. The number of carbonyl (C=O) groups excluding carboxylic acids is 2. The first-order chi connectivity index (χ1) is 24.4. The van der Waals surface area contributed by atoms with E-state index < -0.39 is 28.5 Å². The molecule has 0 aromatic heterocycles. The quantitative estimate of drug-likeness (QED) is 0.138. The Morgan fingerprint density at radius 2 is 1.45 bits per heavy atom. The zero-order valence-electron chi connectivity index (χ0n) is 29.6. The molecule has 0 saturated heterocycles. The van der Waals surface area contributed by atoms with Crippen molar-refractivity contribution in [2.45, 2.75) is 50.2 Å². The van der Waals surface area contributed by atoms with Crippen molar-refractivity contribution in [1.82, 2.24) is 10.2 Å². The van der Waals surface area contributed by atoms with E-state index in [9.17, 15) is 18.0 Å². The van der Waals surface area contributed by atoms with Gasteiger partial charge in [0.1, 0.15) is 24.1 Å². The van der Waals surface area contributed by atoms with Crippen molar-refractivity contribution in [2.24, 2.45) is 0 Å². The van der Waals surface area contributed by atoms with Crippen LogP contribution in [0.15, 0.2) is 95.9 Å². The number of hydrogen-bond donors (Lipinski definition) is 1. The molecule has 51 heavy (non-hydrogen) atoms. The number of benzene rings is 4. The fourth-order valence-corrected chi connectivity index (χ4v) is 7.04. The number of amides is 2. The summed E-state index contributed by atoms with van der Waals surface area (Å²) in [6.07, 6.45) is 0.835. The Labute approximate surface area is 305 Å². The molecule has 0 radical (unpaired) electrons. The number of hydrogen-bond acceptors (Lipinski definition) is 8.